The van der Waals surface area contributed by atoms with E-state index in [1.54, 1.807) is 6.20 Å². The van der Waals surface area contributed by atoms with Crippen LogP contribution in [0.5, 0.6) is 5.88 Å². The molecule has 0 aromatic carbocycles. The van der Waals surface area contributed by atoms with Gasteiger partial charge < -0.3 is 18.8 Å². The Labute approximate surface area is 156 Å². The van der Waals surface area contributed by atoms with Gasteiger partial charge >= 0.3 is 7.12 Å². The van der Waals surface area contributed by atoms with Crippen molar-refractivity contribution in [3.8, 4) is 5.88 Å². The number of pyridine rings is 1. The second kappa shape index (κ2) is 6.78. The van der Waals surface area contributed by atoms with Crippen LogP contribution < -0.4 is 10.2 Å². The van der Waals surface area contributed by atoms with Crippen LogP contribution in [0.2, 0.25) is 0 Å². The Bertz CT molecular complexity index is 609. The summed E-state index contributed by atoms with van der Waals surface area (Å²) in [5.41, 5.74) is 0.245. The predicted molar refractivity (Wildman–Crippen MR) is 99.8 cm³/mol. The molecule has 0 N–H and O–H groups in total. The van der Waals surface area contributed by atoms with Gasteiger partial charge in [-0.05, 0) is 46.6 Å². The lowest BCUT2D eigenvalue weighted by Crippen LogP contribution is -2.52. The van der Waals surface area contributed by atoms with Crippen molar-refractivity contribution in [2.75, 3.05) is 26.3 Å². The Kier molecular flexibility index (Phi) is 4.76. The highest BCUT2D eigenvalue weighted by Gasteiger charge is 2.51. The Morgan fingerprint density at radius 1 is 1.08 bits per heavy atom. The highest BCUT2D eigenvalue weighted by molar-refractivity contribution is 6.62. The van der Waals surface area contributed by atoms with Crippen LogP contribution in [0.1, 0.15) is 40.5 Å². The molecule has 0 unspecified atom stereocenters. The topological polar surface area (TPSA) is 53.1 Å². The number of likely N-dealkylation sites (tertiary alicyclic amines) is 1. The lowest BCUT2D eigenvalue weighted by Gasteiger charge is -2.41. The summed E-state index contributed by atoms with van der Waals surface area (Å²) in [5.74, 6) is 0.677. The lowest BCUT2D eigenvalue weighted by molar-refractivity contribution is -0.0779. The molecule has 0 amide bonds. The van der Waals surface area contributed by atoms with E-state index in [0.29, 0.717) is 11.9 Å². The molecule has 3 aliphatic rings. The minimum Gasteiger partial charge on any atom is -0.474 e. The van der Waals surface area contributed by atoms with Gasteiger partial charge in [-0.25, -0.2) is 4.98 Å². The first-order valence-electron chi connectivity index (χ1n) is 9.64. The van der Waals surface area contributed by atoms with E-state index in [2.05, 4.69) is 37.6 Å². The van der Waals surface area contributed by atoms with Gasteiger partial charge in [0.15, 0.2) is 0 Å². The van der Waals surface area contributed by atoms with Crippen LogP contribution >= 0.6 is 0 Å². The minimum absolute atomic E-state index is 0.238. The molecule has 4 heterocycles. The zero-order chi connectivity index (χ0) is 18.4. The highest BCUT2D eigenvalue weighted by Crippen LogP contribution is 2.36. The first-order chi connectivity index (χ1) is 12.3. The third-order valence-corrected chi connectivity index (χ3v) is 6.19. The van der Waals surface area contributed by atoms with Crippen molar-refractivity contribution >= 4 is 12.6 Å². The molecule has 26 heavy (non-hydrogen) atoms. The largest absolute Gasteiger partial charge is 0.496 e. The molecule has 1 aromatic heterocycles. The summed E-state index contributed by atoms with van der Waals surface area (Å²) in [5, 5.41) is 0. The van der Waals surface area contributed by atoms with Gasteiger partial charge in [-0.3, -0.25) is 4.90 Å². The highest BCUT2D eigenvalue weighted by atomic mass is 16.7. The smallest absolute Gasteiger partial charge is 0.474 e. The number of hydrogen-bond acceptors (Lipinski definition) is 6. The monoisotopic (exact) mass is 360 g/mol. The summed E-state index contributed by atoms with van der Waals surface area (Å²) < 4.78 is 23.5. The fourth-order valence-corrected chi connectivity index (χ4v) is 3.54. The maximum absolute atomic E-state index is 6.08. The van der Waals surface area contributed by atoms with Gasteiger partial charge in [0.25, 0.3) is 0 Å². The summed E-state index contributed by atoms with van der Waals surface area (Å²) in [7, 11) is -0.380. The molecule has 0 spiro atoms. The van der Waals surface area contributed by atoms with Crippen molar-refractivity contribution in [3.05, 3.63) is 18.3 Å². The van der Waals surface area contributed by atoms with Crippen molar-refractivity contribution < 1.29 is 18.8 Å². The van der Waals surface area contributed by atoms with Crippen molar-refractivity contribution in [3.63, 3.8) is 0 Å². The molecule has 1 aromatic rings. The van der Waals surface area contributed by atoms with Crippen molar-refractivity contribution in [1.82, 2.24) is 9.88 Å². The van der Waals surface area contributed by atoms with E-state index < -0.39 is 0 Å². The summed E-state index contributed by atoms with van der Waals surface area (Å²) in [6.45, 7) is 12.1. The fraction of sp³-hybridized carbons (Fsp3) is 0.737. The van der Waals surface area contributed by atoms with E-state index >= 15 is 0 Å². The number of ether oxygens (including phenoxy) is 2. The molecule has 142 valence electrons. The van der Waals surface area contributed by atoms with Gasteiger partial charge in [-0.15, -0.1) is 0 Å². The van der Waals surface area contributed by atoms with Gasteiger partial charge in [-0.2, -0.15) is 0 Å². The molecular weight excluding hydrogens is 331 g/mol. The molecule has 7 heteroatoms. The maximum Gasteiger partial charge on any atom is 0.496 e. The summed E-state index contributed by atoms with van der Waals surface area (Å²) in [6.07, 6.45) is 4.12. The summed E-state index contributed by atoms with van der Waals surface area (Å²) in [6, 6.07) is 4.53. The van der Waals surface area contributed by atoms with Crippen molar-refractivity contribution in [1.29, 1.82) is 0 Å². The molecule has 3 aliphatic heterocycles. The molecule has 0 saturated carbocycles. The second-order valence-corrected chi connectivity index (χ2v) is 8.56. The molecular formula is C19H29BN2O4. The SMILES string of the molecule is CC1(C)OB(c2ccc(OC3CCN(C4COC4)CC3)nc2)OC1(C)C. The average molecular weight is 360 g/mol. The van der Waals surface area contributed by atoms with E-state index in [1.807, 2.05) is 12.1 Å². The number of piperidine rings is 1. The molecule has 3 fully saturated rings. The van der Waals surface area contributed by atoms with Crippen LogP contribution in [0.15, 0.2) is 18.3 Å². The lowest BCUT2D eigenvalue weighted by atomic mass is 9.80. The normalized spacial score (nSPS) is 26.7. The first-order valence-corrected chi connectivity index (χ1v) is 9.64. The van der Waals surface area contributed by atoms with E-state index in [4.69, 9.17) is 18.8 Å². The molecule has 0 bridgehead atoms. The zero-order valence-corrected chi connectivity index (χ0v) is 16.2. The van der Waals surface area contributed by atoms with Crippen molar-refractivity contribution in [2.24, 2.45) is 0 Å². The Balaban J connectivity index is 1.31. The number of rotatable bonds is 4. The average Bonchev–Trinajstić information content (AvgIpc) is 2.76. The molecule has 0 aliphatic carbocycles. The molecule has 3 saturated heterocycles. The second-order valence-electron chi connectivity index (χ2n) is 8.56. The Morgan fingerprint density at radius 3 is 2.23 bits per heavy atom. The van der Waals surface area contributed by atoms with Gasteiger partial charge in [0.2, 0.25) is 5.88 Å². The Morgan fingerprint density at radius 2 is 1.73 bits per heavy atom. The maximum atomic E-state index is 6.08. The van der Waals surface area contributed by atoms with Gasteiger partial charge in [0.05, 0.1) is 30.5 Å². The first kappa shape index (κ1) is 18.2. The minimum atomic E-state index is -0.380. The van der Waals surface area contributed by atoms with Gasteiger partial charge in [0.1, 0.15) is 6.10 Å². The number of hydrogen-bond donors (Lipinski definition) is 0. The summed E-state index contributed by atoms with van der Waals surface area (Å²) >= 11 is 0. The van der Waals surface area contributed by atoms with E-state index in [9.17, 15) is 0 Å². The molecule has 0 atom stereocenters. The molecule has 6 nitrogen and oxygen atoms in total. The third kappa shape index (κ3) is 3.50. The van der Waals surface area contributed by atoms with Crippen LogP contribution in [-0.4, -0.2) is 66.7 Å². The van der Waals surface area contributed by atoms with E-state index in [-0.39, 0.29) is 24.4 Å². The van der Waals surface area contributed by atoms with Crippen LogP contribution in [0.4, 0.5) is 0 Å². The van der Waals surface area contributed by atoms with Crippen LogP contribution in [0, 0.1) is 0 Å². The van der Waals surface area contributed by atoms with Crippen LogP contribution in [0.25, 0.3) is 0 Å². The Hall–Kier alpha value is -1.15. The van der Waals surface area contributed by atoms with E-state index in [1.165, 1.54) is 0 Å². The zero-order valence-electron chi connectivity index (χ0n) is 16.2. The number of aromatic nitrogens is 1. The van der Waals surface area contributed by atoms with Crippen LogP contribution in [0.3, 0.4) is 0 Å². The third-order valence-electron chi connectivity index (χ3n) is 6.19. The van der Waals surface area contributed by atoms with Crippen LogP contribution in [-0.2, 0) is 14.0 Å². The predicted octanol–water partition coefficient (Wildman–Crippen LogP) is 1.62. The van der Waals surface area contributed by atoms with Gasteiger partial charge in [-0.1, -0.05) is 6.07 Å². The molecule has 4 rings (SSSR count). The van der Waals surface area contributed by atoms with Gasteiger partial charge in [0, 0.05) is 24.7 Å². The van der Waals surface area contributed by atoms with E-state index in [0.717, 1.165) is 44.6 Å². The van der Waals surface area contributed by atoms with Crippen molar-refractivity contribution in [2.45, 2.75) is 63.9 Å². The quantitative estimate of drug-likeness (QED) is 0.761. The number of nitrogens with zero attached hydrogens (tertiary/aromatic N) is 2. The standard InChI is InChI=1S/C19H29BN2O4/c1-18(2)19(3,4)26-20(25-18)14-5-6-17(21-11-14)24-16-7-9-22(10-8-16)15-12-23-13-15/h5-6,11,15-16H,7-10,12-13H2,1-4H3. The molecule has 0 radical (unpaired) electrons. The summed E-state index contributed by atoms with van der Waals surface area (Å²) in [4.78, 5) is 6.99. The fourth-order valence-electron chi connectivity index (χ4n) is 3.54.